The van der Waals surface area contributed by atoms with Gasteiger partial charge in [0.2, 0.25) is 0 Å². The van der Waals surface area contributed by atoms with Gasteiger partial charge in [-0.25, -0.2) is 4.79 Å². The number of rotatable bonds is 2. The summed E-state index contributed by atoms with van der Waals surface area (Å²) in [5.74, 6) is -0.602. The molecule has 0 spiro atoms. The summed E-state index contributed by atoms with van der Waals surface area (Å²) in [6.07, 6.45) is 0. The predicted octanol–water partition coefficient (Wildman–Crippen LogP) is 3.22. The Kier molecular flexibility index (Phi) is 3.25. The van der Waals surface area contributed by atoms with Crippen LogP contribution in [0.25, 0.3) is 0 Å². The van der Waals surface area contributed by atoms with Crippen molar-refractivity contribution in [2.24, 2.45) is 0 Å². The lowest BCUT2D eigenvalue weighted by atomic mass is 10.1. The Morgan fingerprint density at radius 3 is 2.47 bits per heavy atom. The fourth-order valence-corrected chi connectivity index (χ4v) is 1.20. The first-order valence-corrected chi connectivity index (χ1v) is 4.89. The van der Waals surface area contributed by atoms with Gasteiger partial charge < -0.3 is 9.84 Å². The highest BCUT2D eigenvalue weighted by atomic mass is 35.5. The molecule has 0 unspecified atom stereocenters. The second-order valence-corrected chi connectivity index (χ2v) is 4.57. The molecule has 0 saturated heterocycles. The number of benzene rings is 1. The highest BCUT2D eigenvalue weighted by Gasteiger charge is 2.15. The molecule has 0 aliphatic rings. The van der Waals surface area contributed by atoms with Crippen LogP contribution in [0.5, 0.6) is 5.75 Å². The van der Waals surface area contributed by atoms with E-state index in [1.807, 2.05) is 20.8 Å². The lowest BCUT2D eigenvalue weighted by Gasteiger charge is -2.22. The van der Waals surface area contributed by atoms with E-state index < -0.39 is 11.6 Å². The van der Waals surface area contributed by atoms with Gasteiger partial charge in [-0.05, 0) is 39.0 Å². The van der Waals surface area contributed by atoms with Crippen LogP contribution in [0.1, 0.15) is 31.1 Å². The Morgan fingerprint density at radius 1 is 1.40 bits per heavy atom. The summed E-state index contributed by atoms with van der Waals surface area (Å²) >= 11 is 5.89. The largest absolute Gasteiger partial charge is 0.487 e. The zero-order chi connectivity index (χ0) is 11.6. The van der Waals surface area contributed by atoms with Gasteiger partial charge in [-0.3, -0.25) is 0 Å². The van der Waals surface area contributed by atoms with E-state index in [0.717, 1.165) is 0 Å². The fraction of sp³-hybridized carbons (Fsp3) is 0.364. The Labute approximate surface area is 93.6 Å². The van der Waals surface area contributed by atoms with Crippen LogP contribution in [0.2, 0.25) is 5.02 Å². The van der Waals surface area contributed by atoms with E-state index in [1.165, 1.54) is 18.2 Å². The number of hydrogen-bond acceptors (Lipinski definition) is 2. The van der Waals surface area contributed by atoms with Gasteiger partial charge in [0.05, 0.1) is 10.6 Å². The average Bonchev–Trinajstić information content (AvgIpc) is 2.06. The van der Waals surface area contributed by atoms with Crippen LogP contribution in [0.3, 0.4) is 0 Å². The van der Waals surface area contributed by atoms with Crippen LogP contribution in [-0.2, 0) is 0 Å². The van der Waals surface area contributed by atoms with Crippen molar-refractivity contribution >= 4 is 17.6 Å². The molecular weight excluding hydrogens is 216 g/mol. The molecule has 3 nitrogen and oxygen atoms in total. The molecule has 1 N–H and O–H groups in total. The van der Waals surface area contributed by atoms with Crippen molar-refractivity contribution in [3.05, 3.63) is 28.8 Å². The molecule has 15 heavy (non-hydrogen) atoms. The van der Waals surface area contributed by atoms with Gasteiger partial charge in [0.15, 0.2) is 0 Å². The zero-order valence-corrected chi connectivity index (χ0v) is 9.63. The third kappa shape index (κ3) is 3.44. The molecule has 0 aromatic heterocycles. The van der Waals surface area contributed by atoms with Crippen LogP contribution in [0.15, 0.2) is 18.2 Å². The standard InChI is InChI=1S/C11H13ClO3/c1-11(2,3)15-9-6-7(10(13)14)4-5-8(9)12/h4-6H,1-3H3,(H,13,14). The highest BCUT2D eigenvalue weighted by Crippen LogP contribution is 2.28. The van der Waals surface area contributed by atoms with E-state index in [9.17, 15) is 4.79 Å². The summed E-state index contributed by atoms with van der Waals surface area (Å²) in [6, 6.07) is 4.39. The molecule has 4 heteroatoms. The second-order valence-electron chi connectivity index (χ2n) is 4.16. The summed E-state index contributed by atoms with van der Waals surface area (Å²) < 4.78 is 5.53. The summed E-state index contributed by atoms with van der Waals surface area (Å²) in [6.45, 7) is 5.62. The maximum absolute atomic E-state index is 10.7. The van der Waals surface area contributed by atoms with E-state index in [1.54, 1.807) is 0 Å². The highest BCUT2D eigenvalue weighted by molar-refractivity contribution is 6.32. The third-order valence-corrected chi connectivity index (χ3v) is 1.91. The molecule has 0 fully saturated rings. The molecule has 0 aliphatic heterocycles. The van der Waals surface area contributed by atoms with Gasteiger partial charge in [0, 0.05) is 0 Å². The molecule has 1 aromatic carbocycles. The van der Waals surface area contributed by atoms with Crippen LogP contribution in [0.4, 0.5) is 0 Å². The lowest BCUT2D eigenvalue weighted by molar-refractivity contribution is 0.0694. The van der Waals surface area contributed by atoms with Crippen molar-refractivity contribution in [3.8, 4) is 5.75 Å². The maximum Gasteiger partial charge on any atom is 0.335 e. The number of halogens is 1. The summed E-state index contributed by atoms with van der Waals surface area (Å²) in [5, 5.41) is 9.21. The van der Waals surface area contributed by atoms with E-state index in [-0.39, 0.29) is 5.56 Å². The normalized spacial score (nSPS) is 11.2. The van der Waals surface area contributed by atoms with Crippen LogP contribution in [-0.4, -0.2) is 16.7 Å². The van der Waals surface area contributed by atoms with Gasteiger partial charge in [-0.15, -0.1) is 0 Å². The minimum absolute atomic E-state index is 0.165. The van der Waals surface area contributed by atoms with Crippen molar-refractivity contribution in [1.82, 2.24) is 0 Å². The van der Waals surface area contributed by atoms with E-state index in [0.29, 0.717) is 10.8 Å². The monoisotopic (exact) mass is 228 g/mol. The Bertz CT molecular complexity index is 380. The van der Waals surface area contributed by atoms with E-state index >= 15 is 0 Å². The Hall–Kier alpha value is -1.22. The first kappa shape index (κ1) is 11.9. The molecule has 0 amide bonds. The molecule has 0 aliphatic carbocycles. The number of hydrogen-bond donors (Lipinski definition) is 1. The summed E-state index contributed by atoms with van der Waals surface area (Å²) in [4.78, 5) is 10.7. The van der Waals surface area contributed by atoms with Crippen molar-refractivity contribution in [3.63, 3.8) is 0 Å². The van der Waals surface area contributed by atoms with Gasteiger partial charge in [-0.2, -0.15) is 0 Å². The lowest BCUT2D eigenvalue weighted by Crippen LogP contribution is -2.23. The summed E-state index contributed by atoms with van der Waals surface area (Å²) in [7, 11) is 0. The number of carboxylic acid groups (broad SMARTS) is 1. The topological polar surface area (TPSA) is 46.5 Å². The fourth-order valence-electron chi connectivity index (χ4n) is 1.04. The number of carboxylic acids is 1. The van der Waals surface area contributed by atoms with Crippen molar-refractivity contribution in [1.29, 1.82) is 0 Å². The van der Waals surface area contributed by atoms with Crippen LogP contribution in [0, 0.1) is 0 Å². The first-order chi connectivity index (χ1) is 6.79. The minimum Gasteiger partial charge on any atom is -0.487 e. The quantitative estimate of drug-likeness (QED) is 0.846. The molecular formula is C11H13ClO3. The van der Waals surface area contributed by atoms with Crippen molar-refractivity contribution in [2.75, 3.05) is 0 Å². The number of ether oxygens (including phenoxy) is 1. The third-order valence-electron chi connectivity index (χ3n) is 1.59. The average molecular weight is 229 g/mol. The molecule has 0 heterocycles. The van der Waals surface area contributed by atoms with Gasteiger partial charge in [0.25, 0.3) is 0 Å². The zero-order valence-electron chi connectivity index (χ0n) is 8.87. The van der Waals surface area contributed by atoms with Crippen molar-refractivity contribution < 1.29 is 14.6 Å². The number of carbonyl (C=O) groups is 1. The van der Waals surface area contributed by atoms with Gasteiger partial charge >= 0.3 is 5.97 Å². The second kappa shape index (κ2) is 4.11. The molecule has 1 rings (SSSR count). The Balaban J connectivity index is 3.06. The smallest absolute Gasteiger partial charge is 0.335 e. The molecule has 1 aromatic rings. The molecule has 0 radical (unpaired) electrons. The van der Waals surface area contributed by atoms with Crippen LogP contribution < -0.4 is 4.74 Å². The minimum atomic E-state index is -0.995. The molecule has 0 saturated carbocycles. The molecule has 0 atom stereocenters. The van der Waals surface area contributed by atoms with E-state index in [4.69, 9.17) is 21.4 Å². The van der Waals surface area contributed by atoms with Crippen LogP contribution >= 0.6 is 11.6 Å². The van der Waals surface area contributed by atoms with Gasteiger partial charge in [0.1, 0.15) is 11.4 Å². The maximum atomic E-state index is 10.7. The van der Waals surface area contributed by atoms with Gasteiger partial charge in [-0.1, -0.05) is 11.6 Å². The molecule has 0 bridgehead atoms. The molecule has 82 valence electrons. The predicted molar refractivity (Wildman–Crippen MR) is 58.8 cm³/mol. The Morgan fingerprint density at radius 2 is 2.00 bits per heavy atom. The number of aromatic carboxylic acids is 1. The SMILES string of the molecule is CC(C)(C)Oc1cc(C(=O)O)ccc1Cl. The van der Waals surface area contributed by atoms with E-state index in [2.05, 4.69) is 0 Å². The summed E-state index contributed by atoms with van der Waals surface area (Å²) in [5.41, 5.74) is -0.237. The first-order valence-electron chi connectivity index (χ1n) is 4.51. The van der Waals surface area contributed by atoms with Crippen molar-refractivity contribution in [2.45, 2.75) is 26.4 Å².